The summed E-state index contributed by atoms with van der Waals surface area (Å²) in [5.41, 5.74) is 2.48. The molecule has 7 heteroatoms. The van der Waals surface area contributed by atoms with Gasteiger partial charge in [0.2, 0.25) is 0 Å². The average Bonchev–Trinajstić information content (AvgIpc) is 2.94. The predicted molar refractivity (Wildman–Crippen MR) is 89.2 cm³/mol. The number of methoxy groups -OCH3 is 1. The molecule has 1 N–H and O–H groups in total. The zero-order chi connectivity index (χ0) is 16.4. The Morgan fingerprint density at radius 3 is 2.96 bits per heavy atom. The summed E-state index contributed by atoms with van der Waals surface area (Å²) in [6, 6.07) is 8.56. The second-order valence-corrected chi connectivity index (χ2v) is 5.81. The fourth-order valence-corrected chi connectivity index (χ4v) is 3.19. The van der Waals surface area contributed by atoms with Crippen molar-refractivity contribution in [3.8, 4) is 0 Å². The first kappa shape index (κ1) is 15.2. The van der Waals surface area contributed by atoms with E-state index in [0.29, 0.717) is 28.5 Å². The number of ether oxygens (including phenoxy) is 1. The van der Waals surface area contributed by atoms with Crippen LogP contribution in [0.15, 0.2) is 40.5 Å². The standard InChI is InChI=1S/C16H15N3O3S/c1-10-9-23-16-18-11(7-14(20)19(10)16)8-17-13-6-4-3-5-12(13)15(21)22-2/h3-7,9,17H,8H2,1-2H3. The third kappa shape index (κ3) is 2.95. The number of esters is 1. The molecule has 0 unspecified atom stereocenters. The lowest BCUT2D eigenvalue weighted by Gasteiger charge is -2.10. The van der Waals surface area contributed by atoms with Crippen molar-refractivity contribution in [1.82, 2.24) is 9.38 Å². The fraction of sp³-hybridized carbons (Fsp3) is 0.188. The van der Waals surface area contributed by atoms with E-state index < -0.39 is 5.97 Å². The molecule has 0 amide bonds. The number of carbonyl (C=O) groups is 1. The molecule has 2 aromatic heterocycles. The number of aromatic nitrogens is 2. The molecule has 3 aromatic rings. The summed E-state index contributed by atoms with van der Waals surface area (Å²) >= 11 is 1.43. The number of nitrogens with zero attached hydrogens (tertiary/aromatic N) is 2. The number of aryl methyl sites for hydroxylation is 1. The molecule has 2 heterocycles. The molecular weight excluding hydrogens is 314 g/mol. The summed E-state index contributed by atoms with van der Waals surface area (Å²) in [5.74, 6) is -0.412. The lowest BCUT2D eigenvalue weighted by atomic mass is 10.2. The molecule has 0 spiro atoms. The summed E-state index contributed by atoms with van der Waals surface area (Å²) in [6.07, 6.45) is 0. The summed E-state index contributed by atoms with van der Waals surface area (Å²) in [5, 5.41) is 5.03. The first-order valence-electron chi connectivity index (χ1n) is 6.98. The van der Waals surface area contributed by atoms with E-state index >= 15 is 0 Å². The van der Waals surface area contributed by atoms with Crippen molar-refractivity contribution in [1.29, 1.82) is 0 Å². The second kappa shape index (κ2) is 6.21. The Bertz CT molecular complexity index is 930. The number of thiazole rings is 1. The van der Waals surface area contributed by atoms with Crippen LogP contribution in [0, 0.1) is 6.92 Å². The minimum absolute atomic E-state index is 0.105. The smallest absolute Gasteiger partial charge is 0.339 e. The van der Waals surface area contributed by atoms with Crippen LogP contribution in [-0.4, -0.2) is 22.5 Å². The normalized spacial score (nSPS) is 10.7. The summed E-state index contributed by atoms with van der Waals surface area (Å²) < 4.78 is 6.34. The van der Waals surface area contributed by atoms with Crippen LogP contribution >= 0.6 is 11.3 Å². The molecule has 0 aliphatic carbocycles. The number of hydrogen-bond acceptors (Lipinski definition) is 6. The SMILES string of the molecule is COC(=O)c1ccccc1NCc1cc(=O)n2c(C)csc2n1. The monoisotopic (exact) mass is 329 g/mol. The lowest BCUT2D eigenvalue weighted by molar-refractivity contribution is 0.0602. The summed E-state index contributed by atoms with van der Waals surface area (Å²) in [4.78, 5) is 29.0. The molecule has 118 valence electrons. The first-order valence-corrected chi connectivity index (χ1v) is 7.86. The van der Waals surface area contributed by atoms with Gasteiger partial charge < -0.3 is 10.1 Å². The highest BCUT2D eigenvalue weighted by Crippen LogP contribution is 2.17. The number of fused-ring (bicyclic) bond motifs is 1. The van der Waals surface area contributed by atoms with Crippen LogP contribution < -0.4 is 10.9 Å². The topological polar surface area (TPSA) is 72.7 Å². The van der Waals surface area contributed by atoms with Gasteiger partial charge in [0.1, 0.15) is 0 Å². The van der Waals surface area contributed by atoms with E-state index in [4.69, 9.17) is 4.74 Å². The number of benzene rings is 1. The number of hydrogen-bond donors (Lipinski definition) is 1. The van der Waals surface area contributed by atoms with E-state index in [-0.39, 0.29) is 5.56 Å². The van der Waals surface area contributed by atoms with Gasteiger partial charge in [-0.05, 0) is 19.1 Å². The number of rotatable bonds is 4. The minimum Gasteiger partial charge on any atom is -0.465 e. The summed E-state index contributed by atoms with van der Waals surface area (Å²) in [6.45, 7) is 2.22. The summed E-state index contributed by atoms with van der Waals surface area (Å²) in [7, 11) is 1.34. The van der Waals surface area contributed by atoms with Crippen LogP contribution in [0.2, 0.25) is 0 Å². The molecular formula is C16H15N3O3S. The van der Waals surface area contributed by atoms with Gasteiger partial charge in [0.25, 0.3) is 5.56 Å². The van der Waals surface area contributed by atoms with Gasteiger partial charge in [-0.1, -0.05) is 12.1 Å². The van der Waals surface area contributed by atoms with Crippen LogP contribution in [0.1, 0.15) is 21.7 Å². The third-order valence-electron chi connectivity index (χ3n) is 3.42. The zero-order valence-electron chi connectivity index (χ0n) is 12.7. The minimum atomic E-state index is -0.412. The number of carbonyl (C=O) groups excluding carboxylic acids is 1. The molecule has 1 aromatic carbocycles. The Morgan fingerprint density at radius 1 is 1.39 bits per heavy atom. The number of para-hydroxylation sites is 1. The molecule has 3 rings (SSSR count). The second-order valence-electron chi connectivity index (χ2n) is 4.97. The van der Waals surface area contributed by atoms with Crippen molar-refractivity contribution in [3.63, 3.8) is 0 Å². The van der Waals surface area contributed by atoms with E-state index in [9.17, 15) is 9.59 Å². The van der Waals surface area contributed by atoms with Crippen molar-refractivity contribution in [2.75, 3.05) is 12.4 Å². The van der Waals surface area contributed by atoms with Crippen molar-refractivity contribution in [3.05, 3.63) is 63.0 Å². The highest BCUT2D eigenvalue weighted by atomic mass is 32.1. The van der Waals surface area contributed by atoms with E-state index in [1.165, 1.54) is 24.5 Å². The van der Waals surface area contributed by atoms with E-state index in [2.05, 4.69) is 10.3 Å². The predicted octanol–water partition coefficient (Wildman–Crippen LogP) is 2.46. The van der Waals surface area contributed by atoms with Crippen LogP contribution in [0.25, 0.3) is 4.96 Å². The van der Waals surface area contributed by atoms with Crippen molar-refractivity contribution >= 4 is 28.0 Å². The van der Waals surface area contributed by atoms with Crippen molar-refractivity contribution < 1.29 is 9.53 Å². The molecule has 0 bridgehead atoms. The molecule has 23 heavy (non-hydrogen) atoms. The third-order valence-corrected chi connectivity index (χ3v) is 4.36. The Morgan fingerprint density at radius 2 is 2.17 bits per heavy atom. The molecule has 0 radical (unpaired) electrons. The van der Waals surface area contributed by atoms with Crippen LogP contribution in [0.4, 0.5) is 5.69 Å². The zero-order valence-corrected chi connectivity index (χ0v) is 13.5. The Kier molecular flexibility index (Phi) is 4.12. The van der Waals surface area contributed by atoms with Gasteiger partial charge in [-0.15, -0.1) is 11.3 Å². The maximum Gasteiger partial charge on any atom is 0.339 e. The quantitative estimate of drug-likeness (QED) is 0.745. The van der Waals surface area contributed by atoms with Crippen LogP contribution in [-0.2, 0) is 11.3 Å². The first-order chi connectivity index (χ1) is 11.1. The number of nitrogens with one attached hydrogen (secondary N) is 1. The van der Waals surface area contributed by atoms with Gasteiger partial charge in [0, 0.05) is 22.8 Å². The van der Waals surface area contributed by atoms with E-state index in [1.807, 2.05) is 18.4 Å². The van der Waals surface area contributed by atoms with Crippen molar-refractivity contribution in [2.24, 2.45) is 0 Å². The maximum absolute atomic E-state index is 12.1. The molecule has 6 nitrogen and oxygen atoms in total. The average molecular weight is 329 g/mol. The van der Waals surface area contributed by atoms with Crippen LogP contribution in [0.3, 0.4) is 0 Å². The molecule has 0 fully saturated rings. The molecule has 0 aliphatic rings. The lowest BCUT2D eigenvalue weighted by Crippen LogP contribution is -2.17. The fourth-order valence-electron chi connectivity index (χ4n) is 2.30. The maximum atomic E-state index is 12.1. The van der Waals surface area contributed by atoms with Gasteiger partial charge in [0.05, 0.1) is 24.9 Å². The largest absolute Gasteiger partial charge is 0.465 e. The molecule has 0 saturated heterocycles. The highest BCUT2D eigenvalue weighted by Gasteiger charge is 2.11. The van der Waals surface area contributed by atoms with E-state index in [0.717, 1.165) is 5.69 Å². The number of anilines is 1. The van der Waals surface area contributed by atoms with E-state index in [1.54, 1.807) is 22.6 Å². The van der Waals surface area contributed by atoms with Gasteiger partial charge >= 0.3 is 5.97 Å². The van der Waals surface area contributed by atoms with Crippen LogP contribution in [0.5, 0.6) is 0 Å². The van der Waals surface area contributed by atoms with Crippen molar-refractivity contribution in [2.45, 2.75) is 13.5 Å². The van der Waals surface area contributed by atoms with Gasteiger partial charge in [-0.25, -0.2) is 9.78 Å². The Hall–Kier alpha value is -2.67. The highest BCUT2D eigenvalue weighted by molar-refractivity contribution is 7.15. The van der Waals surface area contributed by atoms with Gasteiger partial charge in [-0.3, -0.25) is 9.20 Å². The Labute approximate surface area is 136 Å². The molecule has 0 atom stereocenters. The van der Waals surface area contributed by atoms with Gasteiger partial charge in [0.15, 0.2) is 4.96 Å². The molecule has 0 aliphatic heterocycles. The van der Waals surface area contributed by atoms with Gasteiger partial charge in [-0.2, -0.15) is 0 Å². The molecule has 0 saturated carbocycles. The Balaban J connectivity index is 1.87.